The van der Waals surface area contributed by atoms with Gasteiger partial charge in [0.15, 0.2) is 5.84 Å². The van der Waals surface area contributed by atoms with Crippen molar-refractivity contribution in [1.82, 2.24) is 9.97 Å². The summed E-state index contributed by atoms with van der Waals surface area (Å²) in [5.74, 6) is 0.0312. The van der Waals surface area contributed by atoms with E-state index in [-0.39, 0.29) is 5.84 Å². The molecule has 0 aromatic carbocycles. The molecule has 0 saturated carbocycles. The maximum absolute atomic E-state index is 8.53. The Morgan fingerprint density at radius 2 is 1.83 bits per heavy atom. The third-order valence-electron chi connectivity index (χ3n) is 2.05. The summed E-state index contributed by atoms with van der Waals surface area (Å²) in [6.07, 6.45) is 3.11. The van der Waals surface area contributed by atoms with Gasteiger partial charge in [0.1, 0.15) is 10.1 Å². The molecule has 7 heteroatoms. The summed E-state index contributed by atoms with van der Waals surface area (Å²) in [5.41, 5.74) is 6.00. The largest absolute Gasteiger partial charge is 0.409 e. The van der Waals surface area contributed by atoms with Crippen LogP contribution in [0.15, 0.2) is 51.9 Å². The van der Waals surface area contributed by atoms with Gasteiger partial charge < -0.3 is 10.9 Å². The van der Waals surface area contributed by atoms with E-state index in [9.17, 15) is 0 Å². The highest BCUT2D eigenvalue weighted by atomic mass is 35.5. The van der Waals surface area contributed by atoms with E-state index in [0.29, 0.717) is 10.6 Å². The van der Waals surface area contributed by atoms with Crippen LogP contribution in [0.25, 0.3) is 0 Å². The third kappa shape index (κ3) is 3.12. The molecule has 5 nitrogen and oxygen atoms in total. The van der Waals surface area contributed by atoms with Crippen LogP contribution in [-0.4, -0.2) is 21.0 Å². The van der Waals surface area contributed by atoms with Crippen LogP contribution in [0.1, 0.15) is 5.56 Å². The van der Waals surface area contributed by atoms with Gasteiger partial charge in [-0.25, -0.2) is 9.97 Å². The minimum absolute atomic E-state index is 0.0312. The van der Waals surface area contributed by atoms with Crippen molar-refractivity contribution in [3.8, 4) is 0 Å². The van der Waals surface area contributed by atoms with E-state index in [0.717, 1.165) is 10.1 Å². The van der Waals surface area contributed by atoms with Crippen molar-refractivity contribution in [2.75, 3.05) is 0 Å². The standard InChI is InChI=1S/C11H9ClN4OS/c12-8-2-4-10(15-6-8)18-9-3-1-7(5-14-9)11(13)16-17/h1-6,17H,(H2,13,16). The second-order valence-electron chi connectivity index (χ2n) is 3.29. The Morgan fingerprint density at radius 1 is 1.17 bits per heavy atom. The summed E-state index contributed by atoms with van der Waals surface area (Å²) in [4.78, 5) is 8.33. The normalized spacial score (nSPS) is 11.5. The SMILES string of the molecule is NC(=NO)c1ccc(Sc2ccc(Cl)cn2)nc1. The Balaban J connectivity index is 2.13. The average Bonchev–Trinajstić information content (AvgIpc) is 2.41. The van der Waals surface area contributed by atoms with E-state index >= 15 is 0 Å². The van der Waals surface area contributed by atoms with Crippen molar-refractivity contribution in [3.05, 3.63) is 47.2 Å². The summed E-state index contributed by atoms with van der Waals surface area (Å²) >= 11 is 7.15. The molecule has 0 aliphatic carbocycles. The third-order valence-corrected chi connectivity index (χ3v) is 3.17. The van der Waals surface area contributed by atoms with Crippen LogP contribution in [0.5, 0.6) is 0 Å². The number of hydrogen-bond acceptors (Lipinski definition) is 5. The molecular formula is C11H9ClN4OS. The highest BCUT2D eigenvalue weighted by Crippen LogP contribution is 2.24. The van der Waals surface area contributed by atoms with Crippen molar-refractivity contribution in [2.24, 2.45) is 10.9 Å². The second kappa shape index (κ2) is 5.70. The van der Waals surface area contributed by atoms with Crippen molar-refractivity contribution >= 4 is 29.2 Å². The number of oxime groups is 1. The summed E-state index contributed by atoms with van der Waals surface area (Å²) < 4.78 is 0. The molecule has 3 N–H and O–H groups in total. The van der Waals surface area contributed by atoms with E-state index in [4.69, 9.17) is 22.5 Å². The van der Waals surface area contributed by atoms with Crippen LogP contribution in [0, 0.1) is 0 Å². The maximum Gasteiger partial charge on any atom is 0.171 e. The first-order valence-electron chi connectivity index (χ1n) is 4.92. The van der Waals surface area contributed by atoms with E-state index in [2.05, 4.69) is 15.1 Å². The highest BCUT2D eigenvalue weighted by molar-refractivity contribution is 7.99. The van der Waals surface area contributed by atoms with E-state index in [1.807, 2.05) is 6.07 Å². The molecule has 92 valence electrons. The molecule has 0 radical (unpaired) electrons. The van der Waals surface area contributed by atoms with Crippen molar-refractivity contribution in [3.63, 3.8) is 0 Å². The predicted octanol–water partition coefficient (Wildman–Crippen LogP) is 2.38. The minimum atomic E-state index is 0.0312. The number of nitrogens with zero attached hydrogens (tertiary/aromatic N) is 3. The smallest absolute Gasteiger partial charge is 0.171 e. The molecule has 0 fully saturated rings. The molecule has 0 aliphatic heterocycles. The van der Waals surface area contributed by atoms with Gasteiger partial charge in [-0.05, 0) is 24.3 Å². The first-order chi connectivity index (χ1) is 8.69. The summed E-state index contributed by atoms with van der Waals surface area (Å²) in [6.45, 7) is 0. The van der Waals surface area contributed by atoms with Gasteiger partial charge in [-0.1, -0.05) is 28.5 Å². The zero-order chi connectivity index (χ0) is 13.0. The van der Waals surface area contributed by atoms with Gasteiger partial charge in [0.05, 0.1) is 5.02 Å². The number of nitrogens with two attached hydrogens (primary N) is 1. The highest BCUT2D eigenvalue weighted by Gasteiger charge is 2.03. The van der Waals surface area contributed by atoms with Gasteiger partial charge in [0.2, 0.25) is 0 Å². The molecule has 0 amide bonds. The van der Waals surface area contributed by atoms with E-state index in [1.165, 1.54) is 18.0 Å². The summed E-state index contributed by atoms with van der Waals surface area (Å²) in [6, 6.07) is 7.07. The molecule has 0 aliphatic rings. The first-order valence-corrected chi connectivity index (χ1v) is 6.12. The molecule has 0 bridgehead atoms. The minimum Gasteiger partial charge on any atom is -0.409 e. The topological polar surface area (TPSA) is 84.4 Å². The average molecular weight is 281 g/mol. The molecule has 0 spiro atoms. The number of pyridine rings is 2. The zero-order valence-electron chi connectivity index (χ0n) is 9.12. The van der Waals surface area contributed by atoms with Crippen LogP contribution in [0.2, 0.25) is 5.02 Å². The number of hydrogen-bond donors (Lipinski definition) is 2. The molecule has 0 atom stereocenters. The Bertz CT molecular complexity index is 556. The summed E-state index contributed by atoms with van der Waals surface area (Å²) in [7, 11) is 0. The van der Waals surface area contributed by atoms with Crippen LogP contribution < -0.4 is 5.73 Å². The van der Waals surface area contributed by atoms with Crippen LogP contribution >= 0.6 is 23.4 Å². The van der Waals surface area contributed by atoms with Crippen LogP contribution in [-0.2, 0) is 0 Å². The first kappa shape index (κ1) is 12.7. The molecule has 2 heterocycles. The zero-order valence-corrected chi connectivity index (χ0v) is 10.7. The van der Waals surface area contributed by atoms with Gasteiger partial charge in [-0.15, -0.1) is 0 Å². The number of rotatable bonds is 3. The lowest BCUT2D eigenvalue weighted by atomic mass is 10.3. The van der Waals surface area contributed by atoms with Gasteiger partial charge in [0.25, 0.3) is 0 Å². The fourth-order valence-electron chi connectivity index (χ4n) is 1.18. The van der Waals surface area contributed by atoms with Crippen molar-refractivity contribution in [2.45, 2.75) is 10.1 Å². The van der Waals surface area contributed by atoms with E-state index in [1.54, 1.807) is 24.4 Å². The summed E-state index contributed by atoms with van der Waals surface area (Å²) in [5, 5.41) is 13.6. The number of halogens is 1. The van der Waals surface area contributed by atoms with Gasteiger partial charge in [-0.2, -0.15) is 0 Å². The van der Waals surface area contributed by atoms with Crippen LogP contribution in [0.3, 0.4) is 0 Å². The second-order valence-corrected chi connectivity index (χ2v) is 4.76. The molecule has 2 rings (SSSR count). The number of amidine groups is 1. The fourth-order valence-corrected chi connectivity index (χ4v) is 1.99. The number of aromatic nitrogens is 2. The fraction of sp³-hybridized carbons (Fsp3) is 0. The molecule has 0 saturated heterocycles. The van der Waals surface area contributed by atoms with Crippen molar-refractivity contribution < 1.29 is 5.21 Å². The van der Waals surface area contributed by atoms with Gasteiger partial charge in [0, 0.05) is 18.0 Å². The molecule has 2 aromatic rings. The molecule has 2 aromatic heterocycles. The Labute approximate surface area is 113 Å². The lowest BCUT2D eigenvalue weighted by molar-refractivity contribution is 0.318. The maximum atomic E-state index is 8.53. The van der Waals surface area contributed by atoms with Gasteiger partial charge >= 0.3 is 0 Å². The lowest BCUT2D eigenvalue weighted by Crippen LogP contribution is -2.13. The Morgan fingerprint density at radius 3 is 2.33 bits per heavy atom. The quantitative estimate of drug-likeness (QED) is 0.390. The Kier molecular flexibility index (Phi) is 4.01. The Hall–Kier alpha value is -1.79. The van der Waals surface area contributed by atoms with Crippen LogP contribution in [0.4, 0.5) is 0 Å². The molecule has 18 heavy (non-hydrogen) atoms. The molecule has 0 unspecified atom stereocenters. The predicted molar refractivity (Wildman–Crippen MR) is 70.1 cm³/mol. The molecular weight excluding hydrogens is 272 g/mol. The van der Waals surface area contributed by atoms with Crippen molar-refractivity contribution in [1.29, 1.82) is 0 Å². The monoisotopic (exact) mass is 280 g/mol. The van der Waals surface area contributed by atoms with Gasteiger partial charge in [-0.3, -0.25) is 0 Å². The van der Waals surface area contributed by atoms with E-state index < -0.39 is 0 Å². The lowest BCUT2D eigenvalue weighted by Gasteiger charge is -2.01.